The van der Waals surface area contributed by atoms with Gasteiger partial charge in [0.1, 0.15) is 0 Å². The number of benzene rings is 2. The van der Waals surface area contributed by atoms with Gasteiger partial charge in [0.2, 0.25) is 0 Å². The number of carbonyl (C=O) groups excluding carboxylic acids is 3. The Kier molecular flexibility index (Phi) is 6.74. The first-order valence-corrected chi connectivity index (χ1v) is 10.2. The molecule has 3 rings (SSSR count). The zero-order valence-electron chi connectivity index (χ0n) is 17.9. The topological polar surface area (TPSA) is 84.9 Å². The van der Waals surface area contributed by atoms with Gasteiger partial charge in [-0.2, -0.15) is 5.01 Å². The molecule has 7 heteroatoms. The van der Waals surface area contributed by atoms with Crippen LogP contribution in [0.2, 0.25) is 0 Å². The molecule has 0 bridgehead atoms. The van der Waals surface area contributed by atoms with Gasteiger partial charge in [0, 0.05) is 12.0 Å². The largest absolute Gasteiger partial charge is 0.449 e. The van der Waals surface area contributed by atoms with Gasteiger partial charge in [0.25, 0.3) is 0 Å². The van der Waals surface area contributed by atoms with E-state index in [0.29, 0.717) is 17.6 Å². The SMILES string of the molecule is CCOC(=O)NN(C(=O)OCC)C1(C)C(=O)C(Cc2ccccc2)=Cc2ccccc21. The van der Waals surface area contributed by atoms with Gasteiger partial charge < -0.3 is 9.47 Å². The highest BCUT2D eigenvalue weighted by atomic mass is 16.6. The first-order valence-electron chi connectivity index (χ1n) is 10.2. The fourth-order valence-electron chi connectivity index (χ4n) is 3.71. The molecule has 0 aliphatic heterocycles. The minimum atomic E-state index is -1.52. The van der Waals surface area contributed by atoms with Crippen LogP contribution in [0.4, 0.5) is 9.59 Å². The van der Waals surface area contributed by atoms with Gasteiger partial charge in [0.05, 0.1) is 13.2 Å². The molecule has 1 aliphatic rings. The van der Waals surface area contributed by atoms with Crippen LogP contribution in [-0.4, -0.2) is 36.2 Å². The molecule has 2 aromatic rings. The lowest BCUT2D eigenvalue weighted by atomic mass is 9.75. The molecule has 0 heterocycles. The Bertz CT molecular complexity index is 1000. The average molecular weight is 422 g/mol. The molecule has 2 amide bonds. The molecule has 0 spiro atoms. The van der Waals surface area contributed by atoms with Crippen LogP contribution in [0.25, 0.3) is 6.08 Å². The molecule has 162 valence electrons. The molecule has 31 heavy (non-hydrogen) atoms. The second-order valence-electron chi connectivity index (χ2n) is 7.19. The van der Waals surface area contributed by atoms with E-state index >= 15 is 0 Å². The van der Waals surface area contributed by atoms with Crippen molar-refractivity contribution in [2.45, 2.75) is 32.7 Å². The van der Waals surface area contributed by atoms with Crippen molar-refractivity contribution in [2.75, 3.05) is 13.2 Å². The van der Waals surface area contributed by atoms with E-state index in [9.17, 15) is 14.4 Å². The van der Waals surface area contributed by atoms with Crippen molar-refractivity contribution in [1.29, 1.82) is 0 Å². The summed E-state index contributed by atoms with van der Waals surface area (Å²) in [6.07, 6.45) is 0.531. The van der Waals surface area contributed by atoms with Crippen molar-refractivity contribution in [3.05, 3.63) is 76.9 Å². The quantitative estimate of drug-likeness (QED) is 0.729. The fourth-order valence-corrected chi connectivity index (χ4v) is 3.71. The molecule has 2 aromatic carbocycles. The number of hydrogen-bond donors (Lipinski definition) is 1. The third-order valence-corrected chi connectivity index (χ3v) is 5.16. The van der Waals surface area contributed by atoms with E-state index in [4.69, 9.17) is 9.47 Å². The van der Waals surface area contributed by atoms with Crippen LogP contribution in [-0.2, 0) is 26.2 Å². The third-order valence-electron chi connectivity index (χ3n) is 5.16. The van der Waals surface area contributed by atoms with Crippen LogP contribution < -0.4 is 5.43 Å². The summed E-state index contributed by atoms with van der Waals surface area (Å²) in [5.74, 6) is -0.306. The van der Waals surface area contributed by atoms with Gasteiger partial charge in [-0.15, -0.1) is 0 Å². The molecule has 1 unspecified atom stereocenters. The number of nitrogens with zero attached hydrogens (tertiary/aromatic N) is 1. The summed E-state index contributed by atoms with van der Waals surface area (Å²) < 4.78 is 10.1. The van der Waals surface area contributed by atoms with Gasteiger partial charge >= 0.3 is 12.2 Å². The first-order chi connectivity index (χ1) is 14.9. The highest BCUT2D eigenvalue weighted by Crippen LogP contribution is 2.39. The van der Waals surface area contributed by atoms with Crippen molar-refractivity contribution in [1.82, 2.24) is 10.4 Å². The van der Waals surface area contributed by atoms with Crippen LogP contribution >= 0.6 is 0 Å². The van der Waals surface area contributed by atoms with Gasteiger partial charge in [0.15, 0.2) is 11.3 Å². The van der Waals surface area contributed by atoms with E-state index in [-0.39, 0.29) is 19.0 Å². The molecule has 1 N–H and O–H groups in total. The van der Waals surface area contributed by atoms with Crippen molar-refractivity contribution >= 4 is 24.0 Å². The Hall–Kier alpha value is -3.61. The number of Topliss-reactive ketones (excluding diaryl/α,β-unsaturated/α-hetero) is 1. The summed E-state index contributed by atoms with van der Waals surface area (Å²) in [6.45, 7) is 5.11. The lowest BCUT2D eigenvalue weighted by Gasteiger charge is -2.41. The third kappa shape index (κ3) is 4.45. The van der Waals surface area contributed by atoms with Crippen LogP contribution in [0.15, 0.2) is 60.2 Å². The summed E-state index contributed by atoms with van der Waals surface area (Å²) in [4.78, 5) is 38.9. The molecule has 0 aromatic heterocycles. The molecule has 0 radical (unpaired) electrons. The average Bonchev–Trinajstić information content (AvgIpc) is 2.77. The summed E-state index contributed by atoms with van der Waals surface area (Å²) in [5, 5.41) is 0.938. The second kappa shape index (κ2) is 9.47. The standard InChI is InChI=1S/C24H26N2O5/c1-4-30-22(28)25-26(23(29)31-5-2)24(3)20-14-10-9-13-18(20)16-19(21(24)27)15-17-11-7-6-8-12-17/h6-14,16H,4-5,15H2,1-3H3,(H,25,28). The molecular weight excluding hydrogens is 396 g/mol. The fraction of sp³-hybridized carbons (Fsp3) is 0.292. The highest BCUT2D eigenvalue weighted by molar-refractivity contribution is 6.10. The number of amides is 2. The molecule has 0 saturated carbocycles. The van der Waals surface area contributed by atoms with Crippen LogP contribution in [0.3, 0.4) is 0 Å². The molecule has 1 atom stereocenters. The van der Waals surface area contributed by atoms with Crippen LogP contribution in [0.1, 0.15) is 37.5 Å². The van der Waals surface area contributed by atoms with Gasteiger partial charge in [-0.1, -0.05) is 54.6 Å². The monoisotopic (exact) mass is 422 g/mol. The Morgan fingerprint density at radius 3 is 2.29 bits per heavy atom. The van der Waals surface area contributed by atoms with Crippen molar-refractivity contribution in [3.8, 4) is 0 Å². The van der Waals surface area contributed by atoms with Gasteiger partial charge in [-0.25, -0.2) is 15.0 Å². The minimum absolute atomic E-state index is 0.0818. The van der Waals surface area contributed by atoms with E-state index in [1.807, 2.05) is 48.5 Å². The maximum Gasteiger partial charge on any atom is 0.430 e. The van der Waals surface area contributed by atoms with E-state index < -0.39 is 17.7 Å². The number of hydrazine groups is 1. The summed E-state index contributed by atoms with van der Waals surface area (Å²) in [7, 11) is 0. The smallest absolute Gasteiger partial charge is 0.430 e. The van der Waals surface area contributed by atoms with E-state index in [1.165, 1.54) is 0 Å². The zero-order chi connectivity index (χ0) is 22.4. The number of nitrogens with one attached hydrogen (secondary N) is 1. The maximum atomic E-state index is 13.8. The molecule has 0 fully saturated rings. The Morgan fingerprint density at radius 2 is 1.61 bits per heavy atom. The Labute approximate surface area is 181 Å². The van der Waals surface area contributed by atoms with Gasteiger partial charge in [-0.05, 0) is 43.5 Å². The van der Waals surface area contributed by atoms with E-state index in [1.54, 1.807) is 32.9 Å². The maximum absolute atomic E-state index is 13.8. The summed E-state index contributed by atoms with van der Waals surface area (Å²) in [6, 6.07) is 16.9. The van der Waals surface area contributed by atoms with E-state index in [0.717, 1.165) is 16.1 Å². The number of carbonyl (C=O) groups is 3. The summed E-state index contributed by atoms with van der Waals surface area (Å²) in [5.41, 5.74) is 3.75. The van der Waals surface area contributed by atoms with Crippen molar-refractivity contribution < 1.29 is 23.9 Å². The van der Waals surface area contributed by atoms with Crippen LogP contribution in [0, 0.1) is 0 Å². The second-order valence-corrected chi connectivity index (χ2v) is 7.19. The van der Waals surface area contributed by atoms with Crippen molar-refractivity contribution in [2.24, 2.45) is 0 Å². The molecule has 0 saturated heterocycles. The van der Waals surface area contributed by atoms with E-state index in [2.05, 4.69) is 5.43 Å². The Balaban J connectivity index is 2.10. The predicted molar refractivity (Wildman–Crippen MR) is 116 cm³/mol. The lowest BCUT2D eigenvalue weighted by Crippen LogP contribution is -2.61. The number of hydrogen-bond acceptors (Lipinski definition) is 5. The zero-order valence-corrected chi connectivity index (χ0v) is 17.9. The number of rotatable bonds is 5. The lowest BCUT2D eigenvalue weighted by molar-refractivity contribution is -0.128. The first kappa shape index (κ1) is 22.1. The molecular formula is C24H26N2O5. The summed E-state index contributed by atoms with van der Waals surface area (Å²) >= 11 is 0. The number of ether oxygens (including phenoxy) is 2. The van der Waals surface area contributed by atoms with Crippen LogP contribution in [0.5, 0.6) is 0 Å². The normalized spacial score (nSPS) is 17.3. The molecule has 7 nitrogen and oxygen atoms in total. The Morgan fingerprint density at radius 1 is 0.968 bits per heavy atom. The minimum Gasteiger partial charge on any atom is -0.449 e. The van der Waals surface area contributed by atoms with Crippen molar-refractivity contribution in [3.63, 3.8) is 0 Å². The number of ketones is 1. The predicted octanol–water partition coefficient (Wildman–Crippen LogP) is 4.23. The highest BCUT2D eigenvalue weighted by Gasteiger charge is 2.49. The molecule has 1 aliphatic carbocycles. The number of fused-ring (bicyclic) bond motifs is 1. The van der Waals surface area contributed by atoms with Gasteiger partial charge in [-0.3, -0.25) is 4.79 Å².